The largest absolute Gasteiger partial charge is 0.352 e. The topological polar surface area (TPSA) is 57.8 Å². The van der Waals surface area contributed by atoms with Gasteiger partial charge in [0, 0.05) is 28.9 Å². The van der Waals surface area contributed by atoms with Gasteiger partial charge < -0.3 is 10.3 Å². The first-order valence-corrected chi connectivity index (χ1v) is 7.41. The molecule has 2 aromatic rings. The van der Waals surface area contributed by atoms with Crippen molar-refractivity contribution in [2.24, 2.45) is 0 Å². The van der Waals surface area contributed by atoms with Crippen molar-refractivity contribution in [2.45, 2.75) is 37.6 Å². The number of nitrogens with one attached hydrogen (secondary N) is 2. The number of amides is 1. The zero-order valence-electron chi connectivity index (χ0n) is 12.1. The Bertz CT molecular complexity index is 651. The molecule has 0 saturated heterocycles. The summed E-state index contributed by atoms with van der Waals surface area (Å²) in [5.74, 6) is 0.381. The molecular weight excluding hydrogens is 286 g/mol. The van der Waals surface area contributed by atoms with Crippen LogP contribution in [0.5, 0.6) is 0 Å². The Morgan fingerprint density at radius 1 is 1.48 bits per heavy atom. The van der Waals surface area contributed by atoms with Gasteiger partial charge >= 0.3 is 0 Å². The highest BCUT2D eigenvalue weighted by Crippen LogP contribution is 2.42. The van der Waals surface area contributed by atoms with Crippen LogP contribution < -0.4 is 5.32 Å². The fourth-order valence-electron chi connectivity index (χ4n) is 2.53. The predicted molar refractivity (Wildman–Crippen MR) is 82.4 cm³/mol. The lowest BCUT2D eigenvalue weighted by Crippen LogP contribution is -2.41. The van der Waals surface area contributed by atoms with E-state index in [9.17, 15) is 4.79 Å². The van der Waals surface area contributed by atoms with Crippen LogP contribution in [-0.4, -0.2) is 21.9 Å². The van der Waals surface area contributed by atoms with Crippen LogP contribution in [0.25, 0.3) is 0 Å². The Labute approximate surface area is 128 Å². The quantitative estimate of drug-likeness (QED) is 0.912. The second kappa shape index (κ2) is 5.19. The molecule has 1 amide bonds. The van der Waals surface area contributed by atoms with Crippen molar-refractivity contribution < 1.29 is 4.79 Å². The van der Waals surface area contributed by atoms with E-state index in [0.29, 0.717) is 5.92 Å². The molecule has 1 heterocycles. The smallest absolute Gasteiger partial charge is 0.231 e. The van der Waals surface area contributed by atoms with E-state index in [0.717, 1.165) is 17.1 Å². The van der Waals surface area contributed by atoms with Gasteiger partial charge in [-0.1, -0.05) is 23.7 Å². The molecule has 2 N–H and O–H groups in total. The Balaban J connectivity index is 1.65. The van der Waals surface area contributed by atoms with E-state index in [1.165, 1.54) is 5.56 Å². The number of H-pyrrole nitrogens is 1. The summed E-state index contributed by atoms with van der Waals surface area (Å²) in [5, 5.41) is 3.86. The number of aromatic nitrogens is 2. The second-order valence-corrected chi connectivity index (χ2v) is 6.50. The van der Waals surface area contributed by atoms with Gasteiger partial charge in [-0.2, -0.15) is 0 Å². The van der Waals surface area contributed by atoms with Crippen molar-refractivity contribution in [3.63, 3.8) is 0 Å². The lowest BCUT2D eigenvalue weighted by molar-refractivity contribution is -0.125. The zero-order chi connectivity index (χ0) is 15.0. The molecule has 1 fully saturated rings. The summed E-state index contributed by atoms with van der Waals surface area (Å²) in [7, 11) is 0. The van der Waals surface area contributed by atoms with Crippen molar-refractivity contribution in [1.82, 2.24) is 15.3 Å². The molecule has 1 aromatic carbocycles. The first-order valence-electron chi connectivity index (χ1n) is 7.04. The van der Waals surface area contributed by atoms with Gasteiger partial charge in [0.25, 0.3) is 0 Å². The molecule has 0 aliphatic heterocycles. The van der Waals surface area contributed by atoms with E-state index in [-0.39, 0.29) is 11.9 Å². The third kappa shape index (κ3) is 2.81. The minimum atomic E-state index is -0.613. The number of hydrogen-bond acceptors (Lipinski definition) is 2. The number of carbonyl (C=O) groups is 1. The molecule has 2 atom stereocenters. The van der Waals surface area contributed by atoms with E-state index < -0.39 is 5.41 Å². The fourth-order valence-corrected chi connectivity index (χ4v) is 2.73. The highest BCUT2D eigenvalue weighted by Gasteiger charge is 2.42. The molecule has 1 aliphatic carbocycles. The Kier molecular flexibility index (Phi) is 3.49. The van der Waals surface area contributed by atoms with Crippen LogP contribution in [0.3, 0.4) is 0 Å². The monoisotopic (exact) mass is 303 g/mol. The lowest BCUT2D eigenvalue weighted by atomic mass is 9.88. The molecular formula is C16H18ClN3O. The average molecular weight is 304 g/mol. The van der Waals surface area contributed by atoms with Crippen molar-refractivity contribution in [3.05, 3.63) is 53.1 Å². The fraction of sp³-hybridized carbons (Fsp3) is 0.375. The minimum absolute atomic E-state index is 0.0151. The van der Waals surface area contributed by atoms with E-state index in [1.54, 1.807) is 12.5 Å². The number of hydrogen-bond donors (Lipinski definition) is 2. The summed E-state index contributed by atoms with van der Waals surface area (Å²) >= 11 is 6.01. The molecule has 0 spiro atoms. The molecule has 0 unspecified atom stereocenters. The SMILES string of the molecule is CC(C)(C(=O)N[C@@H]1C[C@H]1c1cccc(Cl)c1)c1cnc[nH]1. The van der Waals surface area contributed by atoms with Gasteiger partial charge in [-0.25, -0.2) is 4.98 Å². The summed E-state index contributed by atoms with van der Waals surface area (Å²) in [6.07, 6.45) is 4.25. The van der Waals surface area contributed by atoms with Crippen LogP contribution in [0.2, 0.25) is 5.02 Å². The number of nitrogens with zero attached hydrogens (tertiary/aromatic N) is 1. The summed E-state index contributed by atoms with van der Waals surface area (Å²) in [6, 6.07) is 8.03. The van der Waals surface area contributed by atoms with Crippen LogP contribution in [0.4, 0.5) is 0 Å². The van der Waals surface area contributed by atoms with Gasteiger partial charge in [0.15, 0.2) is 0 Å². The number of benzene rings is 1. The van der Waals surface area contributed by atoms with E-state index in [4.69, 9.17) is 11.6 Å². The molecule has 0 bridgehead atoms. The molecule has 21 heavy (non-hydrogen) atoms. The van der Waals surface area contributed by atoms with Gasteiger partial charge in [0.2, 0.25) is 5.91 Å². The van der Waals surface area contributed by atoms with Crippen molar-refractivity contribution in [1.29, 1.82) is 0 Å². The number of imidazole rings is 1. The first-order chi connectivity index (χ1) is 9.98. The Morgan fingerprint density at radius 2 is 2.29 bits per heavy atom. The van der Waals surface area contributed by atoms with Crippen LogP contribution in [0, 0.1) is 0 Å². The molecule has 4 nitrogen and oxygen atoms in total. The molecule has 3 rings (SSSR count). The van der Waals surface area contributed by atoms with Gasteiger partial charge in [-0.15, -0.1) is 0 Å². The predicted octanol–water partition coefficient (Wildman–Crippen LogP) is 3.01. The Hall–Kier alpha value is -1.81. The van der Waals surface area contributed by atoms with E-state index in [1.807, 2.05) is 32.0 Å². The van der Waals surface area contributed by atoms with Crippen LogP contribution >= 0.6 is 11.6 Å². The van der Waals surface area contributed by atoms with Gasteiger partial charge in [-0.05, 0) is 38.0 Å². The molecule has 110 valence electrons. The molecule has 0 radical (unpaired) electrons. The number of aromatic amines is 1. The maximum Gasteiger partial charge on any atom is 0.231 e. The summed E-state index contributed by atoms with van der Waals surface area (Å²) in [5.41, 5.74) is 1.39. The summed E-state index contributed by atoms with van der Waals surface area (Å²) < 4.78 is 0. The Morgan fingerprint density at radius 3 is 2.95 bits per heavy atom. The third-order valence-corrected chi connectivity index (χ3v) is 4.36. The van der Waals surface area contributed by atoms with Gasteiger partial charge in [-0.3, -0.25) is 4.79 Å². The lowest BCUT2D eigenvalue weighted by Gasteiger charge is -2.22. The van der Waals surface area contributed by atoms with Crippen molar-refractivity contribution in [2.75, 3.05) is 0 Å². The van der Waals surface area contributed by atoms with E-state index >= 15 is 0 Å². The van der Waals surface area contributed by atoms with Crippen LogP contribution in [-0.2, 0) is 10.2 Å². The summed E-state index contributed by atoms with van der Waals surface area (Å²) in [6.45, 7) is 3.79. The maximum absolute atomic E-state index is 12.5. The first kappa shape index (κ1) is 14.1. The minimum Gasteiger partial charge on any atom is -0.352 e. The van der Waals surface area contributed by atoms with Gasteiger partial charge in [0.05, 0.1) is 11.7 Å². The second-order valence-electron chi connectivity index (χ2n) is 6.07. The van der Waals surface area contributed by atoms with E-state index in [2.05, 4.69) is 21.4 Å². The van der Waals surface area contributed by atoms with Crippen molar-refractivity contribution >= 4 is 17.5 Å². The highest BCUT2D eigenvalue weighted by atomic mass is 35.5. The third-order valence-electron chi connectivity index (χ3n) is 4.12. The molecule has 1 saturated carbocycles. The van der Waals surface area contributed by atoms with Gasteiger partial charge in [0.1, 0.15) is 0 Å². The number of carbonyl (C=O) groups excluding carboxylic acids is 1. The number of halogens is 1. The average Bonchev–Trinajstić information content (AvgIpc) is 2.99. The van der Waals surface area contributed by atoms with Crippen LogP contribution in [0.15, 0.2) is 36.8 Å². The molecule has 1 aromatic heterocycles. The maximum atomic E-state index is 12.5. The van der Waals surface area contributed by atoms with Crippen LogP contribution in [0.1, 0.15) is 37.4 Å². The van der Waals surface area contributed by atoms with Crippen molar-refractivity contribution in [3.8, 4) is 0 Å². The molecule has 1 aliphatic rings. The highest BCUT2D eigenvalue weighted by molar-refractivity contribution is 6.30. The summed E-state index contributed by atoms with van der Waals surface area (Å²) in [4.78, 5) is 19.5. The normalized spacial score (nSPS) is 21.1. The number of rotatable bonds is 4. The standard InChI is InChI=1S/C16H18ClN3O/c1-16(2,14-8-18-9-19-14)15(21)20-13-7-12(13)10-4-3-5-11(17)6-10/h3-6,8-9,12-13H,7H2,1-2H3,(H,18,19)(H,20,21)/t12-,13+/m0/s1. The zero-order valence-corrected chi connectivity index (χ0v) is 12.8. The molecule has 5 heteroatoms.